The Balaban J connectivity index is 1.46. The van der Waals surface area contributed by atoms with Gasteiger partial charge in [-0.2, -0.15) is 0 Å². The molecular formula is C32H43FN4O3. The number of benzene rings is 1. The van der Waals surface area contributed by atoms with Crippen molar-refractivity contribution < 1.29 is 18.7 Å². The smallest absolute Gasteiger partial charge is 0.256 e. The van der Waals surface area contributed by atoms with E-state index >= 15 is 0 Å². The van der Waals surface area contributed by atoms with Gasteiger partial charge in [-0.1, -0.05) is 0 Å². The minimum Gasteiger partial charge on any atom is -0.383 e. The monoisotopic (exact) mass is 550 g/mol. The van der Waals surface area contributed by atoms with Crippen molar-refractivity contribution in [3.8, 4) is 5.69 Å². The predicted molar refractivity (Wildman–Crippen MR) is 156 cm³/mol. The first-order valence-electron chi connectivity index (χ1n) is 14.6. The molecule has 0 radical (unpaired) electrons. The second-order valence-corrected chi connectivity index (χ2v) is 11.9. The summed E-state index contributed by atoms with van der Waals surface area (Å²) in [5, 5.41) is 1.17. The summed E-state index contributed by atoms with van der Waals surface area (Å²) < 4.78 is 27.7. The summed E-state index contributed by atoms with van der Waals surface area (Å²) in [5.41, 5.74) is 4.32. The van der Waals surface area contributed by atoms with Crippen LogP contribution in [0.3, 0.4) is 0 Å². The first kappa shape index (κ1) is 28.7. The molecule has 1 amide bonds. The van der Waals surface area contributed by atoms with Crippen LogP contribution in [0.2, 0.25) is 0 Å². The number of halogens is 1. The highest BCUT2D eigenvalue weighted by Gasteiger charge is 2.34. The van der Waals surface area contributed by atoms with Crippen LogP contribution in [0, 0.1) is 24.6 Å². The van der Waals surface area contributed by atoms with Gasteiger partial charge in [-0.05, 0) is 94.2 Å². The molecule has 0 aliphatic carbocycles. The molecule has 1 aromatic carbocycles. The summed E-state index contributed by atoms with van der Waals surface area (Å²) in [7, 11) is 3.56. The lowest BCUT2D eigenvalue weighted by Crippen LogP contribution is -2.44. The lowest BCUT2D eigenvalue weighted by molar-refractivity contribution is 0.00382. The lowest BCUT2D eigenvalue weighted by Gasteiger charge is -2.36. The maximum Gasteiger partial charge on any atom is 0.256 e. The van der Waals surface area contributed by atoms with Gasteiger partial charge in [-0.15, -0.1) is 0 Å². The predicted octanol–water partition coefficient (Wildman–Crippen LogP) is 5.26. The third-order valence-electron chi connectivity index (χ3n) is 8.97. The molecule has 7 nitrogen and oxygen atoms in total. The zero-order chi connectivity index (χ0) is 28.4. The third kappa shape index (κ3) is 5.80. The highest BCUT2D eigenvalue weighted by molar-refractivity contribution is 5.99. The van der Waals surface area contributed by atoms with Crippen LogP contribution in [-0.4, -0.2) is 84.4 Å². The lowest BCUT2D eigenvalue weighted by atomic mass is 9.91. The van der Waals surface area contributed by atoms with Crippen LogP contribution in [-0.2, 0) is 15.9 Å². The van der Waals surface area contributed by atoms with Crippen molar-refractivity contribution in [1.82, 2.24) is 19.4 Å². The number of methoxy groups -OCH3 is 1. The molecule has 2 atom stereocenters. The Bertz CT molecular complexity index is 1330. The maximum atomic E-state index is 14.4. The standard InChI is InChI=1S/C32H43FN4O3/c1-21(2)35(4)32(38)27-15-26(33)6-7-28(27)37-19-25(31-22(3)16-34-17-29(31)37)14-23-8-11-36(18-23)30(20-39-5)24-9-12-40-13-10-24/h6-7,15-17,19,21,23-24,30H,8-14,18,20H2,1-5H3/t23-,30+/m0/s1. The number of likely N-dealkylation sites (tertiary alicyclic amines) is 1. The number of ether oxygens (including phenoxy) is 2. The summed E-state index contributed by atoms with van der Waals surface area (Å²) in [4.78, 5) is 22.2. The first-order chi connectivity index (χ1) is 19.3. The van der Waals surface area contributed by atoms with Crippen LogP contribution in [0.15, 0.2) is 36.8 Å². The Hall–Kier alpha value is -2.81. The van der Waals surface area contributed by atoms with E-state index in [-0.39, 0.29) is 11.9 Å². The van der Waals surface area contributed by atoms with Crippen LogP contribution >= 0.6 is 0 Å². The minimum absolute atomic E-state index is 0.00196. The van der Waals surface area contributed by atoms with Gasteiger partial charge in [0.1, 0.15) is 5.82 Å². The van der Waals surface area contributed by atoms with Crippen molar-refractivity contribution in [3.63, 3.8) is 0 Å². The van der Waals surface area contributed by atoms with E-state index in [1.54, 1.807) is 25.1 Å². The van der Waals surface area contributed by atoms with Crippen LogP contribution in [0.4, 0.5) is 4.39 Å². The van der Waals surface area contributed by atoms with E-state index < -0.39 is 5.82 Å². The SMILES string of the molecule is COC[C@H](C1CCOCC1)N1CC[C@@H](Cc2cn(-c3ccc(F)cc3C(=O)N(C)C(C)C)c3cncc(C)c23)C1. The molecule has 0 saturated carbocycles. The van der Waals surface area contributed by atoms with Crippen molar-refractivity contribution in [3.05, 3.63) is 59.3 Å². The van der Waals surface area contributed by atoms with E-state index in [0.717, 1.165) is 69.7 Å². The molecule has 2 aliphatic heterocycles. The first-order valence-corrected chi connectivity index (χ1v) is 14.6. The van der Waals surface area contributed by atoms with Gasteiger partial charge >= 0.3 is 0 Å². The highest BCUT2D eigenvalue weighted by atomic mass is 19.1. The van der Waals surface area contributed by atoms with E-state index in [4.69, 9.17) is 9.47 Å². The minimum atomic E-state index is -0.420. The van der Waals surface area contributed by atoms with Crippen molar-refractivity contribution in [2.75, 3.05) is 47.1 Å². The Morgan fingerprint density at radius 1 is 1.23 bits per heavy atom. The number of nitrogens with zero attached hydrogens (tertiary/aromatic N) is 4. The zero-order valence-corrected chi connectivity index (χ0v) is 24.5. The molecule has 5 rings (SSSR count). The molecule has 0 spiro atoms. The molecule has 40 heavy (non-hydrogen) atoms. The molecule has 0 N–H and O–H groups in total. The van der Waals surface area contributed by atoms with Gasteiger partial charge in [0.25, 0.3) is 5.91 Å². The molecule has 4 heterocycles. The molecule has 2 fully saturated rings. The van der Waals surface area contributed by atoms with Gasteiger partial charge in [0.2, 0.25) is 0 Å². The average molecular weight is 551 g/mol. The van der Waals surface area contributed by atoms with Crippen LogP contribution in [0.5, 0.6) is 0 Å². The number of aryl methyl sites for hydroxylation is 1. The molecule has 2 aromatic heterocycles. The molecule has 0 bridgehead atoms. The van der Waals surface area contributed by atoms with Crippen LogP contribution < -0.4 is 0 Å². The normalized spacial score (nSPS) is 19.5. The van der Waals surface area contributed by atoms with Gasteiger partial charge in [0.05, 0.1) is 29.6 Å². The van der Waals surface area contributed by atoms with Crippen molar-refractivity contribution >= 4 is 16.8 Å². The van der Waals surface area contributed by atoms with Gasteiger partial charge in [0, 0.05) is 63.8 Å². The fraction of sp³-hybridized carbons (Fsp3) is 0.562. The summed E-state index contributed by atoms with van der Waals surface area (Å²) in [6.45, 7) is 10.6. The zero-order valence-electron chi connectivity index (χ0n) is 24.5. The Labute approximate surface area is 237 Å². The summed E-state index contributed by atoms with van der Waals surface area (Å²) in [6.07, 6.45) is 10.2. The Morgan fingerprint density at radius 2 is 2.00 bits per heavy atom. The molecule has 0 unspecified atom stereocenters. The molecular weight excluding hydrogens is 507 g/mol. The Kier molecular flexibility index (Phi) is 8.88. The number of aromatic nitrogens is 2. The van der Waals surface area contributed by atoms with Crippen LogP contribution in [0.1, 0.15) is 54.6 Å². The number of fused-ring (bicyclic) bond motifs is 1. The van der Waals surface area contributed by atoms with E-state index in [1.165, 1.54) is 23.1 Å². The summed E-state index contributed by atoms with van der Waals surface area (Å²) in [6, 6.07) is 4.92. The number of amides is 1. The van der Waals surface area contributed by atoms with Gasteiger partial charge in [0.15, 0.2) is 0 Å². The quantitative estimate of drug-likeness (QED) is 0.364. The van der Waals surface area contributed by atoms with Crippen LogP contribution in [0.25, 0.3) is 16.6 Å². The van der Waals surface area contributed by atoms with E-state index in [2.05, 4.69) is 23.0 Å². The fourth-order valence-corrected chi connectivity index (χ4v) is 6.56. The van der Waals surface area contributed by atoms with Crippen molar-refractivity contribution in [2.45, 2.75) is 58.5 Å². The van der Waals surface area contributed by atoms with E-state index in [9.17, 15) is 9.18 Å². The molecule has 8 heteroatoms. The molecule has 3 aromatic rings. The Morgan fingerprint density at radius 3 is 2.73 bits per heavy atom. The number of carbonyl (C=O) groups is 1. The fourth-order valence-electron chi connectivity index (χ4n) is 6.56. The number of hydrogen-bond acceptors (Lipinski definition) is 5. The topological polar surface area (TPSA) is 59.8 Å². The van der Waals surface area contributed by atoms with Gasteiger partial charge < -0.3 is 18.9 Å². The number of pyridine rings is 1. The maximum absolute atomic E-state index is 14.4. The molecule has 216 valence electrons. The molecule has 2 saturated heterocycles. The largest absolute Gasteiger partial charge is 0.383 e. The van der Waals surface area contributed by atoms with Gasteiger partial charge in [-0.3, -0.25) is 14.7 Å². The average Bonchev–Trinajstić information content (AvgIpc) is 3.57. The number of rotatable bonds is 9. The van der Waals surface area contributed by atoms with Crippen molar-refractivity contribution in [1.29, 1.82) is 0 Å². The second-order valence-electron chi connectivity index (χ2n) is 11.9. The second kappa shape index (κ2) is 12.4. The summed E-state index contributed by atoms with van der Waals surface area (Å²) in [5.74, 6) is 0.516. The summed E-state index contributed by atoms with van der Waals surface area (Å²) >= 11 is 0. The van der Waals surface area contributed by atoms with Crippen molar-refractivity contribution in [2.24, 2.45) is 11.8 Å². The van der Waals surface area contributed by atoms with E-state index in [1.807, 2.05) is 30.8 Å². The molecule has 2 aliphatic rings. The number of carbonyl (C=O) groups excluding carboxylic acids is 1. The number of hydrogen-bond donors (Lipinski definition) is 0. The highest BCUT2D eigenvalue weighted by Crippen LogP contribution is 2.34. The van der Waals surface area contributed by atoms with Gasteiger partial charge in [-0.25, -0.2) is 4.39 Å². The van der Waals surface area contributed by atoms with E-state index in [0.29, 0.717) is 29.1 Å². The third-order valence-corrected chi connectivity index (χ3v) is 8.97.